The number of nitrogens with two attached hydrogens (primary N) is 1. The fourth-order valence-corrected chi connectivity index (χ4v) is 2.62. The van der Waals surface area contributed by atoms with Crippen LogP contribution in [0.2, 0.25) is 0 Å². The normalized spacial score (nSPS) is 18.0. The molecule has 1 rings (SSSR count). The van der Waals surface area contributed by atoms with Gasteiger partial charge in [-0.15, -0.1) is 24.8 Å². The Hall–Kier alpha value is -0.0700. The zero-order chi connectivity index (χ0) is 15.0. The van der Waals surface area contributed by atoms with E-state index in [2.05, 4.69) is 18.7 Å². The average Bonchev–Trinajstić information content (AvgIpc) is 2.38. The van der Waals surface area contributed by atoms with Gasteiger partial charge in [-0.2, -0.15) is 0 Å². The summed E-state index contributed by atoms with van der Waals surface area (Å²) in [4.78, 5) is 14.2. The molecular weight excluding hydrogens is 327 g/mol. The Morgan fingerprint density at radius 1 is 1.23 bits per heavy atom. The summed E-state index contributed by atoms with van der Waals surface area (Å²) in [5, 5.41) is 0. The minimum atomic E-state index is -0.123. The van der Waals surface area contributed by atoms with Crippen molar-refractivity contribution in [3.8, 4) is 0 Å². The quantitative estimate of drug-likeness (QED) is 0.673. The molecule has 134 valence electrons. The SMILES string of the molecule is CC(C)C[C@H](CN)CC(=O)OC(C)CN1CCOCC1.Cl.Cl. The molecule has 1 unspecified atom stereocenters. The van der Waals surface area contributed by atoms with E-state index in [1.54, 1.807) is 0 Å². The van der Waals surface area contributed by atoms with Crippen molar-refractivity contribution >= 4 is 30.8 Å². The Morgan fingerprint density at radius 2 is 1.82 bits per heavy atom. The van der Waals surface area contributed by atoms with Crippen molar-refractivity contribution in [1.29, 1.82) is 0 Å². The highest BCUT2D eigenvalue weighted by Crippen LogP contribution is 2.15. The van der Waals surface area contributed by atoms with E-state index < -0.39 is 0 Å². The summed E-state index contributed by atoms with van der Waals surface area (Å²) in [6.45, 7) is 10.9. The number of morpholine rings is 1. The number of esters is 1. The van der Waals surface area contributed by atoms with Crippen molar-refractivity contribution < 1.29 is 14.3 Å². The number of ether oxygens (including phenoxy) is 2. The van der Waals surface area contributed by atoms with Gasteiger partial charge in [0, 0.05) is 26.1 Å². The molecule has 2 N–H and O–H groups in total. The molecule has 5 nitrogen and oxygen atoms in total. The number of hydrogen-bond donors (Lipinski definition) is 1. The molecule has 2 atom stereocenters. The van der Waals surface area contributed by atoms with E-state index in [-0.39, 0.29) is 42.8 Å². The third kappa shape index (κ3) is 10.6. The van der Waals surface area contributed by atoms with E-state index in [9.17, 15) is 4.79 Å². The summed E-state index contributed by atoms with van der Waals surface area (Å²) in [6, 6.07) is 0. The van der Waals surface area contributed by atoms with Gasteiger partial charge in [0.05, 0.1) is 13.2 Å². The lowest BCUT2D eigenvalue weighted by Crippen LogP contribution is -2.41. The third-order valence-corrected chi connectivity index (χ3v) is 3.55. The average molecular weight is 359 g/mol. The first-order valence-electron chi connectivity index (χ1n) is 7.71. The molecule has 1 fully saturated rings. The molecule has 0 saturated carbocycles. The molecule has 0 spiro atoms. The molecule has 1 heterocycles. The fraction of sp³-hybridized carbons (Fsp3) is 0.933. The number of hydrogen-bond acceptors (Lipinski definition) is 5. The maximum Gasteiger partial charge on any atom is 0.306 e. The molecule has 1 saturated heterocycles. The summed E-state index contributed by atoms with van der Waals surface area (Å²) < 4.78 is 10.8. The minimum Gasteiger partial charge on any atom is -0.461 e. The Bertz CT molecular complexity index is 288. The van der Waals surface area contributed by atoms with Crippen LogP contribution in [0.15, 0.2) is 0 Å². The van der Waals surface area contributed by atoms with Crippen LogP contribution in [-0.4, -0.2) is 56.4 Å². The molecule has 0 aromatic heterocycles. The van der Waals surface area contributed by atoms with Crippen LogP contribution in [0.5, 0.6) is 0 Å². The van der Waals surface area contributed by atoms with Crippen molar-refractivity contribution in [2.75, 3.05) is 39.4 Å². The lowest BCUT2D eigenvalue weighted by Gasteiger charge is -2.29. The second-order valence-corrected chi connectivity index (χ2v) is 6.15. The van der Waals surface area contributed by atoms with E-state index in [4.69, 9.17) is 15.2 Å². The molecule has 0 aliphatic carbocycles. The van der Waals surface area contributed by atoms with Crippen molar-refractivity contribution in [2.45, 2.75) is 39.7 Å². The summed E-state index contributed by atoms with van der Waals surface area (Å²) in [7, 11) is 0. The molecule has 0 amide bonds. The number of carbonyl (C=O) groups is 1. The smallest absolute Gasteiger partial charge is 0.306 e. The molecule has 7 heteroatoms. The van der Waals surface area contributed by atoms with Crippen LogP contribution >= 0.6 is 24.8 Å². The van der Waals surface area contributed by atoms with Crippen LogP contribution in [-0.2, 0) is 14.3 Å². The maximum atomic E-state index is 11.9. The summed E-state index contributed by atoms with van der Waals surface area (Å²) in [5.41, 5.74) is 5.72. The summed E-state index contributed by atoms with van der Waals surface area (Å²) in [5.74, 6) is 0.669. The molecule has 0 radical (unpaired) electrons. The number of halogens is 2. The number of nitrogens with zero attached hydrogens (tertiary/aromatic N) is 1. The zero-order valence-electron chi connectivity index (χ0n) is 14.0. The van der Waals surface area contributed by atoms with Gasteiger partial charge in [-0.25, -0.2) is 0 Å². The van der Waals surface area contributed by atoms with E-state index in [0.717, 1.165) is 39.3 Å². The summed E-state index contributed by atoms with van der Waals surface area (Å²) in [6.07, 6.45) is 1.34. The predicted molar refractivity (Wildman–Crippen MR) is 93.9 cm³/mol. The third-order valence-electron chi connectivity index (χ3n) is 3.55. The van der Waals surface area contributed by atoms with Gasteiger partial charge < -0.3 is 15.2 Å². The fourth-order valence-electron chi connectivity index (χ4n) is 2.62. The Balaban J connectivity index is 0. The van der Waals surface area contributed by atoms with Gasteiger partial charge in [0.2, 0.25) is 0 Å². The van der Waals surface area contributed by atoms with Crippen LogP contribution < -0.4 is 5.73 Å². The van der Waals surface area contributed by atoms with Crippen LogP contribution in [0.25, 0.3) is 0 Å². The lowest BCUT2D eigenvalue weighted by atomic mass is 9.94. The second kappa shape index (κ2) is 13.4. The Labute approximate surface area is 147 Å². The number of rotatable bonds is 8. The highest BCUT2D eigenvalue weighted by atomic mass is 35.5. The molecule has 1 aliphatic rings. The largest absolute Gasteiger partial charge is 0.461 e. The van der Waals surface area contributed by atoms with Gasteiger partial charge in [0.25, 0.3) is 0 Å². The Kier molecular flexibility index (Phi) is 14.7. The first-order valence-corrected chi connectivity index (χ1v) is 7.71. The van der Waals surface area contributed by atoms with E-state index in [1.165, 1.54) is 0 Å². The number of carbonyl (C=O) groups excluding carboxylic acids is 1. The van der Waals surface area contributed by atoms with Crippen molar-refractivity contribution in [1.82, 2.24) is 4.90 Å². The van der Waals surface area contributed by atoms with Crippen molar-refractivity contribution in [3.05, 3.63) is 0 Å². The van der Waals surface area contributed by atoms with E-state index in [1.807, 2.05) is 6.92 Å². The van der Waals surface area contributed by atoms with Crippen molar-refractivity contribution in [3.63, 3.8) is 0 Å². The molecule has 0 aromatic carbocycles. The topological polar surface area (TPSA) is 64.8 Å². The van der Waals surface area contributed by atoms with Gasteiger partial charge >= 0.3 is 5.97 Å². The molecule has 0 aromatic rings. The van der Waals surface area contributed by atoms with Gasteiger partial charge in [-0.1, -0.05) is 13.8 Å². The van der Waals surface area contributed by atoms with Crippen LogP contribution in [0.1, 0.15) is 33.6 Å². The standard InChI is InChI=1S/C15H30N2O3.2ClH/c1-12(2)8-14(10-16)9-15(18)20-13(3)11-17-4-6-19-7-5-17;;/h12-14H,4-11,16H2,1-3H3;2*1H/t13?,14-;;/m0../s1. The highest BCUT2D eigenvalue weighted by Gasteiger charge is 2.19. The monoisotopic (exact) mass is 358 g/mol. The maximum absolute atomic E-state index is 11.9. The molecular formula is C15H32Cl2N2O3. The van der Waals surface area contributed by atoms with Crippen LogP contribution in [0.4, 0.5) is 0 Å². The molecule has 1 aliphatic heterocycles. The molecule has 0 bridgehead atoms. The first kappa shape index (κ1) is 24.2. The first-order chi connectivity index (χ1) is 9.51. The predicted octanol–water partition coefficient (Wildman–Crippen LogP) is 2.11. The van der Waals surface area contributed by atoms with E-state index in [0.29, 0.717) is 18.9 Å². The van der Waals surface area contributed by atoms with Crippen LogP contribution in [0.3, 0.4) is 0 Å². The zero-order valence-corrected chi connectivity index (χ0v) is 15.6. The van der Waals surface area contributed by atoms with E-state index >= 15 is 0 Å². The van der Waals surface area contributed by atoms with Gasteiger partial charge in [0.15, 0.2) is 0 Å². The minimum absolute atomic E-state index is 0. The van der Waals surface area contributed by atoms with Crippen LogP contribution in [0, 0.1) is 11.8 Å². The van der Waals surface area contributed by atoms with Gasteiger partial charge in [0.1, 0.15) is 6.10 Å². The Morgan fingerprint density at radius 3 is 2.32 bits per heavy atom. The summed E-state index contributed by atoms with van der Waals surface area (Å²) >= 11 is 0. The lowest BCUT2D eigenvalue weighted by molar-refractivity contribution is -0.150. The van der Waals surface area contributed by atoms with Gasteiger partial charge in [-0.05, 0) is 31.7 Å². The molecule has 22 heavy (non-hydrogen) atoms. The highest BCUT2D eigenvalue weighted by molar-refractivity contribution is 5.85. The van der Waals surface area contributed by atoms with Crippen molar-refractivity contribution in [2.24, 2.45) is 17.6 Å². The second-order valence-electron chi connectivity index (χ2n) is 6.15. The van der Waals surface area contributed by atoms with Gasteiger partial charge in [-0.3, -0.25) is 9.69 Å².